The zero-order valence-electron chi connectivity index (χ0n) is 12.9. The zero-order valence-corrected chi connectivity index (χ0v) is 12.9. The number of hydrogen-bond donors (Lipinski definition) is 1. The van der Waals surface area contributed by atoms with Gasteiger partial charge in [0, 0.05) is 12.5 Å². The van der Waals surface area contributed by atoms with Gasteiger partial charge in [-0.3, -0.25) is 4.79 Å². The number of carbonyl (C=O) groups excluding carboxylic acids is 1. The molecule has 1 aliphatic rings. The van der Waals surface area contributed by atoms with Crippen LogP contribution in [-0.4, -0.2) is 25.2 Å². The van der Waals surface area contributed by atoms with Gasteiger partial charge in [-0.1, -0.05) is 32.9 Å². The van der Waals surface area contributed by atoms with Crippen LogP contribution in [0.15, 0.2) is 12.2 Å². The van der Waals surface area contributed by atoms with Gasteiger partial charge in [0.05, 0.1) is 6.10 Å². The quantitative estimate of drug-likeness (QED) is 0.751. The Hall–Kier alpha value is -0.830. The van der Waals surface area contributed by atoms with Crippen LogP contribution in [0.25, 0.3) is 0 Å². The highest BCUT2D eigenvalue weighted by molar-refractivity contribution is 5.77. The van der Waals surface area contributed by atoms with Gasteiger partial charge in [0.25, 0.3) is 0 Å². The molecule has 3 nitrogen and oxygen atoms in total. The lowest BCUT2D eigenvalue weighted by Crippen LogP contribution is -2.37. The van der Waals surface area contributed by atoms with Crippen molar-refractivity contribution in [2.24, 2.45) is 17.8 Å². The number of nitrogens with one attached hydrogen (secondary N) is 1. The summed E-state index contributed by atoms with van der Waals surface area (Å²) in [6, 6.07) is 0. The lowest BCUT2D eigenvalue weighted by Gasteiger charge is -2.35. The average molecular weight is 267 g/mol. The molecule has 0 radical (unpaired) electrons. The molecule has 19 heavy (non-hydrogen) atoms. The van der Waals surface area contributed by atoms with E-state index in [2.05, 4.69) is 39.6 Å². The van der Waals surface area contributed by atoms with Crippen LogP contribution in [0.2, 0.25) is 0 Å². The predicted molar refractivity (Wildman–Crippen MR) is 78.9 cm³/mol. The van der Waals surface area contributed by atoms with Crippen molar-refractivity contribution in [1.29, 1.82) is 0 Å². The Kier molecular flexibility index (Phi) is 6.56. The van der Waals surface area contributed by atoms with Crippen molar-refractivity contribution in [3.63, 3.8) is 0 Å². The third kappa shape index (κ3) is 5.77. The van der Waals surface area contributed by atoms with Gasteiger partial charge in [0.2, 0.25) is 5.91 Å². The van der Waals surface area contributed by atoms with Crippen LogP contribution >= 0.6 is 0 Å². The Balaban J connectivity index is 2.39. The Bertz CT molecular complexity index is 312. The van der Waals surface area contributed by atoms with Crippen LogP contribution in [0.5, 0.6) is 0 Å². The van der Waals surface area contributed by atoms with Gasteiger partial charge in [0.1, 0.15) is 6.61 Å². The molecule has 1 saturated carbocycles. The summed E-state index contributed by atoms with van der Waals surface area (Å²) in [7, 11) is 0. The predicted octanol–water partition coefficient (Wildman–Crippen LogP) is 3.16. The van der Waals surface area contributed by atoms with E-state index in [0.717, 1.165) is 12.8 Å². The molecule has 1 fully saturated rings. The molecule has 0 spiro atoms. The van der Waals surface area contributed by atoms with E-state index in [9.17, 15) is 4.79 Å². The second-order valence-electron chi connectivity index (χ2n) is 6.42. The van der Waals surface area contributed by atoms with Gasteiger partial charge in [-0.05, 0) is 38.0 Å². The molecule has 0 aromatic heterocycles. The summed E-state index contributed by atoms with van der Waals surface area (Å²) in [5, 5.41) is 2.89. The molecule has 0 bridgehead atoms. The smallest absolute Gasteiger partial charge is 0.246 e. The maximum Gasteiger partial charge on any atom is 0.246 e. The molecule has 110 valence electrons. The minimum atomic E-state index is -0.00704. The van der Waals surface area contributed by atoms with Crippen molar-refractivity contribution in [1.82, 2.24) is 5.32 Å². The van der Waals surface area contributed by atoms with Crippen molar-refractivity contribution in [3.05, 3.63) is 12.2 Å². The van der Waals surface area contributed by atoms with Gasteiger partial charge in [-0.2, -0.15) is 0 Å². The van der Waals surface area contributed by atoms with Gasteiger partial charge in [-0.15, -0.1) is 0 Å². The first-order valence-electron chi connectivity index (χ1n) is 7.43. The molecule has 1 amide bonds. The number of carbonyl (C=O) groups is 1. The van der Waals surface area contributed by atoms with Gasteiger partial charge in [0.15, 0.2) is 0 Å². The Labute approximate surface area is 117 Å². The van der Waals surface area contributed by atoms with Crippen molar-refractivity contribution in [2.75, 3.05) is 13.2 Å². The molecular weight excluding hydrogens is 238 g/mol. The van der Waals surface area contributed by atoms with E-state index in [-0.39, 0.29) is 18.6 Å². The summed E-state index contributed by atoms with van der Waals surface area (Å²) < 4.78 is 5.85. The lowest BCUT2D eigenvalue weighted by atomic mass is 9.78. The molecule has 1 rings (SSSR count). The SMILES string of the molecule is C=C(C)C1CCC(C)CC1OCC(=O)NCC(C)C. The van der Waals surface area contributed by atoms with Crippen molar-refractivity contribution in [3.8, 4) is 0 Å². The monoisotopic (exact) mass is 267 g/mol. The first kappa shape index (κ1) is 16.2. The fourth-order valence-electron chi connectivity index (χ4n) is 2.63. The summed E-state index contributed by atoms with van der Waals surface area (Å²) in [6.45, 7) is 13.4. The number of rotatable bonds is 6. The van der Waals surface area contributed by atoms with Crippen molar-refractivity contribution in [2.45, 2.75) is 53.1 Å². The average Bonchev–Trinajstić information content (AvgIpc) is 2.33. The van der Waals surface area contributed by atoms with E-state index in [4.69, 9.17) is 4.74 Å². The molecule has 0 aliphatic heterocycles. The van der Waals surface area contributed by atoms with E-state index >= 15 is 0 Å². The first-order chi connectivity index (χ1) is 8.90. The molecule has 1 N–H and O–H groups in total. The third-order valence-electron chi connectivity index (χ3n) is 3.82. The Morgan fingerprint density at radius 2 is 2.11 bits per heavy atom. The van der Waals surface area contributed by atoms with E-state index in [1.165, 1.54) is 12.0 Å². The third-order valence-corrected chi connectivity index (χ3v) is 3.82. The maximum absolute atomic E-state index is 11.7. The Morgan fingerprint density at radius 1 is 1.42 bits per heavy atom. The molecule has 3 atom stereocenters. The first-order valence-corrected chi connectivity index (χ1v) is 7.43. The van der Waals surface area contributed by atoms with E-state index in [0.29, 0.717) is 24.3 Å². The summed E-state index contributed by atoms with van der Waals surface area (Å²) in [5.41, 5.74) is 1.18. The highest BCUT2D eigenvalue weighted by Gasteiger charge is 2.30. The molecule has 0 aromatic carbocycles. The number of amides is 1. The van der Waals surface area contributed by atoms with E-state index in [1.54, 1.807) is 0 Å². The van der Waals surface area contributed by atoms with Gasteiger partial charge in [-0.25, -0.2) is 0 Å². The number of hydrogen-bond acceptors (Lipinski definition) is 2. The second-order valence-corrected chi connectivity index (χ2v) is 6.42. The normalized spacial score (nSPS) is 27.3. The fraction of sp³-hybridized carbons (Fsp3) is 0.812. The maximum atomic E-state index is 11.7. The minimum absolute atomic E-state index is 0.00704. The van der Waals surface area contributed by atoms with Crippen LogP contribution in [-0.2, 0) is 9.53 Å². The minimum Gasteiger partial charge on any atom is -0.368 e. The molecular formula is C16H29NO2. The summed E-state index contributed by atoms with van der Waals surface area (Å²) in [5.74, 6) is 1.56. The largest absolute Gasteiger partial charge is 0.368 e. The Morgan fingerprint density at radius 3 is 2.68 bits per heavy atom. The molecule has 3 heteroatoms. The molecule has 0 aromatic rings. The fourth-order valence-corrected chi connectivity index (χ4v) is 2.63. The van der Waals surface area contributed by atoms with Crippen LogP contribution in [0, 0.1) is 17.8 Å². The van der Waals surface area contributed by atoms with Gasteiger partial charge < -0.3 is 10.1 Å². The van der Waals surface area contributed by atoms with Crippen LogP contribution < -0.4 is 5.32 Å². The molecule has 1 aliphatic carbocycles. The number of ether oxygens (including phenoxy) is 1. The summed E-state index contributed by atoms with van der Waals surface area (Å²) in [4.78, 5) is 11.7. The standard InChI is InChI=1S/C16H29NO2/c1-11(2)9-17-16(18)10-19-15-8-13(5)6-7-14(15)12(3)4/h11,13-15H,3,6-10H2,1-2,4-5H3,(H,17,18). The van der Waals surface area contributed by atoms with Crippen LogP contribution in [0.1, 0.15) is 47.0 Å². The van der Waals surface area contributed by atoms with E-state index < -0.39 is 0 Å². The van der Waals surface area contributed by atoms with Gasteiger partial charge >= 0.3 is 0 Å². The van der Waals surface area contributed by atoms with Crippen LogP contribution in [0.4, 0.5) is 0 Å². The van der Waals surface area contributed by atoms with Crippen molar-refractivity contribution >= 4 is 5.91 Å². The molecule has 0 heterocycles. The molecule has 0 saturated heterocycles. The summed E-state index contributed by atoms with van der Waals surface area (Å²) >= 11 is 0. The van der Waals surface area contributed by atoms with E-state index in [1.807, 2.05) is 0 Å². The van der Waals surface area contributed by atoms with Crippen molar-refractivity contribution < 1.29 is 9.53 Å². The van der Waals surface area contributed by atoms with Crippen LogP contribution in [0.3, 0.4) is 0 Å². The highest BCUT2D eigenvalue weighted by Crippen LogP contribution is 2.34. The topological polar surface area (TPSA) is 38.3 Å². The second kappa shape index (κ2) is 7.68. The lowest BCUT2D eigenvalue weighted by molar-refractivity contribution is -0.130. The molecule has 3 unspecified atom stereocenters. The zero-order chi connectivity index (χ0) is 14.4. The summed E-state index contributed by atoms with van der Waals surface area (Å²) in [6.07, 6.45) is 3.56. The highest BCUT2D eigenvalue weighted by atomic mass is 16.5.